The van der Waals surface area contributed by atoms with Crippen LogP contribution in [0.3, 0.4) is 0 Å². The van der Waals surface area contributed by atoms with Crippen LogP contribution in [0.1, 0.15) is 20.8 Å². The number of hydrogen-bond acceptors (Lipinski definition) is 0. The van der Waals surface area contributed by atoms with Gasteiger partial charge in [0.15, 0.2) is 0 Å². The van der Waals surface area contributed by atoms with Crippen molar-refractivity contribution in [3.8, 4) is 0 Å². The summed E-state index contributed by atoms with van der Waals surface area (Å²) in [6.45, 7) is 9.98. The van der Waals surface area contributed by atoms with Gasteiger partial charge in [0.25, 0.3) is 0 Å². The molecule has 0 aliphatic rings. The van der Waals surface area contributed by atoms with Crippen LogP contribution < -0.4 is 0 Å². The van der Waals surface area contributed by atoms with Crippen molar-refractivity contribution in [1.82, 2.24) is 0 Å². The minimum atomic E-state index is -0.556. The Bertz CT molecular complexity index is 151. The Hall–Kier alpha value is 0.821. The molecule has 0 saturated carbocycles. The first-order valence-corrected chi connectivity index (χ1v) is 11.6. The van der Waals surface area contributed by atoms with Crippen LogP contribution in [0.4, 0.5) is 0 Å². The standard InChI is InChI=1S/C5H5.C4H10N.C2H7Si.2ClH.Ti/c1-2-4-5-3-1;1-4(2,3)5;1-3-2;;;/h1-5H;5H,1-3H3;3H,1-2H3;2*1H;/q2*-1;;;;+2/p-2. The first kappa shape index (κ1) is 22.0. The van der Waals surface area contributed by atoms with Crippen LogP contribution in [-0.2, 0) is 17.0 Å². The van der Waals surface area contributed by atoms with Gasteiger partial charge in [-0.3, -0.25) is 0 Å². The third-order valence-corrected chi connectivity index (χ3v) is 0.556. The van der Waals surface area contributed by atoms with Crippen LogP contribution in [0.5, 0.6) is 0 Å². The fraction of sp³-hybridized carbons (Fsp3) is 0.545. The fourth-order valence-electron chi connectivity index (χ4n) is 0.321. The van der Waals surface area contributed by atoms with Gasteiger partial charge in [0.2, 0.25) is 0 Å². The van der Waals surface area contributed by atoms with Gasteiger partial charge in [-0.15, -0.1) is 5.54 Å². The monoisotopic (exact) mass is 314 g/mol. The van der Waals surface area contributed by atoms with E-state index in [4.69, 9.17) is 24.3 Å². The van der Waals surface area contributed by atoms with Crippen molar-refractivity contribution in [2.45, 2.75) is 39.4 Å². The molecule has 0 amide bonds. The Morgan fingerprint density at radius 2 is 1.31 bits per heavy atom. The second-order valence-corrected chi connectivity index (χ2v) is 7.59. The van der Waals surface area contributed by atoms with Gasteiger partial charge in [0.05, 0.1) is 0 Å². The van der Waals surface area contributed by atoms with E-state index in [1.54, 1.807) is 0 Å². The third-order valence-electron chi connectivity index (χ3n) is 0.556. The molecule has 5 heteroatoms. The molecule has 0 aliphatic carbocycles. The molecule has 1 nitrogen and oxygen atoms in total. The maximum absolute atomic E-state index is 6.94. The second-order valence-electron chi connectivity index (χ2n) is 3.86. The summed E-state index contributed by atoms with van der Waals surface area (Å²) >= 11 is -0.556. The Balaban J connectivity index is -0.000000146. The van der Waals surface area contributed by atoms with Crippen LogP contribution >= 0.6 is 18.6 Å². The van der Waals surface area contributed by atoms with E-state index in [9.17, 15) is 0 Å². The first-order chi connectivity index (χ1) is 7.33. The summed E-state index contributed by atoms with van der Waals surface area (Å²) in [5.41, 5.74) is 6.69. The minimum absolute atomic E-state index is 0.250. The topological polar surface area (TPSA) is 23.8 Å². The smallest absolute Gasteiger partial charge is 0.172 e. The van der Waals surface area contributed by atoms with Gasteiger partial charge in [-0.1, -0.05) is 33.9 Å². The number of rotatable bonds is 0. The van der Waals surface area contributed by atoms with Gasteiger partial charge in [-0.2, -0.15) is 18.2 Å². The van der Waals surface area contributed by atoms with Gasteiger partial charge >= 0.3 is 35.6 Å². The molecule has 1 aromatic carbocycles. The van der Waals surface area contributed by atoms with E-state index in [2.05, 4.69) is 13.1 Å². The molecule has 1 aromatic rings. The maximum Gasteiger partial charge on any atom is -0.172 e. The predicted octanol–water partition coefficient (Wildman–Crippen LogP) is 5.14. The summed E-state index contributed by atoms with van der Waals surface area (Å²) in [5, 5.41) is 0. The van der Waals surface area contributed by atoms with Crippen molar-refractivity contribution in [3.63, 3.8) is 0 Å². The third kappa shape index (κ3) is 83.6. The molecule has 1 N–H and O–H groups in total. The largest absolute Gasteiger partial charge is 0.214 e. The zero-order valence-electron chi connectivity index (χ0n) is 10.7. The normalized spacial score (nSPS) is 8.25. The molecule has 0 bridgehead atoms. The van der Waals surface area contributed by atoms with Gasteiger partial charge in [0.1, 0.15) is 0 Å². The molecular weight excluding hydrogens is 293 g/mol. The predicted molar refractivity (Wildman–Crippen MR) is 76.7 cm³/mol. The quantitative estimate of drug-likeness (QED) is 0.468. The molecule has 0 heterocycles. The number of halogens is 2. The van der Waals surface area contributed by atoms with E-state index in [1.807, 2.05) is 51.1 Å². The molecule has 0 aliphatic heterocycles. The number of hydrogen-bond donors (Lipinski definition) is 0. The summed E-state index contributed by atoms with van der Waals surface area (Å²) in [4.78, 5) is 0. The van der Waals surface area contributed by atoms with Crippen molar-refractivity contribution in [1.29, 1.82) is 0 Å². The van der Waals surface area contributed by atoms with Crippen molar-refractivity contribution in [3.05, 3.63) is 36.1 Å². The summed E-state index contributed by atoms with van der Waals surface area (Å²) in [5.74, 6) is 0. The fourth-order valence-corrected chi connectivity index (χ4v) is 0.321. The molecule has 1 radical (unpaired) electrons. The van der Waals surface area contributed by atoms with E-state index in [1.165, 1.54) is 0 Å². The molecule has 0 fully saturated rings. The average molecular weight is 315 g/mol. The van der Waals surface area contributed by atoms with E-state index < -0.39 is 17.0 Å². The summed E-state index contributed by atoms with van der Waals surface area (Å²) in [7, 11) is 10.5. The van der Waals surface area contributed by atoms with E-state index in [0.717, 1.165) is 9.52 Å². The molecule has 95 valence electrons. The van der Waals surface area contributed by atoms with Crippen LogP contribution in [0.25, 0.3) is 5.73 Å². The molecule has 0 spiro atoms. The van der Waals surface area contributed by atoms with Crippen LogP contribution in [0.15, 0.2) is 30.3 Å². The van der Waals surface area contributed by atoms with E-state index in [0.29, 0.717) is 0 Å². The molecule has 16 heavy (non-hydrogen) atoms. The SMILES string of the molecule is CC(C)(C)[NH-].C[SiH]C.[Cl][Ti][Cl].c1cc[cH-]c1. The van der Waals surface area contributed by atoms with E-state index in [-0.39, 0.29) is 5.54 Å². The second kappa shape index (κ2) is 18.2. The van der Waals surface area contributed by atoms with Crippen LogP contribution in [-0.4, -0.2) is 15.1 Å². The number of nitrogens with one attached hydrogen (secondary N) is 1. The molecule has 0 unspecified atom stereocenters. The minimum Gasteiger partial charge on any atom is -0.214 e. The molecule has 1 rings (SSSR count). The maximum atomic E-state index is 6.94. The van der Waals surface area contributed by atoms with Crippen molar-refractivity contribution in [2.24, 2.45) is 0 Å². The van der Waals surface area contributed by atoms with Gasteiger partial charge in [0, 0.05) is 9.52 Å². The van der Waals surface area contributed by atoms with Crippen molar-refractivity contribution in [2.75, 3.05) is 0 Å². The Morgan fingerprint density at radius 3 is 1.38 bits per heavy atom. The molecule has 0 atom stereocenters. The average Bonchev–Trinajstić information content (AvgIpc) is 2.58. The van der Waals surface area contributed by atoms with Gasteiger partial charge in [-0.25, -0.2) is 12.1 Å². The molecule has 0 saturated heterocycles. The Morgan fingerprint density at radius 1 is 1.12 bits per heavy atom. The van der Waals surface area contributed by atoms with Crippen LogP contribution in [0, 0.1) is 0 Å². The molecule has 0 aromatic heterocycles. The van der Waals surface area contributed by atoms with E-state index >= 15 is 0 Å². The Kier molecular flexibility index (Phi) is 25.1. The van der Waals surface area contributed by atoms with Gasteiger partial charge in [-0.05, 0) is 0 Å². The van der Waals surface area contributed by atoms with Crippen LogP contribution in [0.2, 0.25) is 13.1 Å². The van der Waals surface area contributed by atoms with Gasteiger partial charge < -0.3 is 5.73 Å². The Labute approximate surface area is 120 Å². The zero-order valence-corrected chi connectivity index (χ0v) is 14.9. The van der Waals surface area contributed by atoms with Crippen molar-refractivity contribution >= 4 is 28.1 Å². The summed E-state index contributed by atoms with van der Waals surface area (Å²) in [6, 6.07) is 10.0. The summed E-state index contributed by atoms with van der Waals surface area (Å²) < 4.78 is 0. The zero-order chi connectivity index (χ0) is 13.4. The van der Waals surface area contributed by atoms with Crippen molar-refractivity contribution < 1.29 is 17.0 Å². The first-order valence-electron chi connectivity index (χ1n) is 4.95. The summed E-state index contributed by atoms with van der Waals surface area (Å²) in [6.07, 6.45) is 0. The molecular formula is C11H22Cl2NSiTi-2.